The number of pyridine rings is 1. The molecule has 1 aromatic heterocycles. The Labute approximate surface area is 200 Å². The van der Waals surface area contributed by atoms with Crippen molar-refractivity contribution in [3.05, 3.63) is 77.5 Å². The van der Waals surface area contributed by atoms with Crippen LogP contribution in [0.25, 0.3) is 6.08 Å². The second-order valence-electron chi connectivity index (χ2n) is 8.23. The van der Waals surface area contributed by atoms with Crippen LogP contribution in [0.2, 0.25) is 0 Å². The van der Waals surface area contributed by atoms with Gasteiger partial charge in [0.05, 0.1) is 30.2 Å². The average Bonchev–Trinajstić information content (AvgIpc) is 3.38. The minimum atomic E-state index is 0.244. The fourth-order valence-electron chi connectivity index (χ4n) is 3.92. The average molecular weight is 453 g/mol. The summed E-state index contributed by atoms with van der Waals surface area (Å²) in [5, 5.41) is 12.2. The van der Waals surface area contributed by atoms with Crippen LogP contribution in [0.3, 0.4) is 0 Å². The maximum Gasteiger partial charge on any atom is 0.168 e. The third-order valence-corrected chi connectivity index (χ3v) is 5.70. The van der Waals surface area contributed by atoms with Crippen molar-refractivity contribution < 1.29 is 9.47 Å². The number of aromatic nitrogens is 1. The number of nitrogens with one attached hydrogen (secondary N) is 1. The highest BCUT2D eigenvalue weighted by Gasteiger charge is 2.19. The van der Waals surface area contributed by atoms with Gasteiger partial charge in [-0.25, -0.2) is 4.98 Å². The molecule has 2 aromatic carbocycles. The van der Waals surface area contributed by atoms with Crippen molar-refractivity contribution in [1.29, 1.82) is 5.26 Å². The van der Waals surface area contributed by atoms with Gasteiger partial charge in [0, 0.05) is 18.0 Å². The number of nitriles is 1. The molecule has 0 atom stereocenters. The van der Waals surface area contributed by atoms with Crippen LogP contribution in [0, 0.1) is 18.3 Å². The number of hydrogen-bond donors (Lipinski definition) is 1. The van der Waals surface area contributed by atoms with Crippen molar-refractivity contribution in [2.24, 2.45) is 4.99 Å². The first-order valence-electron chi connectivity index (χ1n) is 11.4. The molecule has 1 fully saturated rings. The lowest BCUT2D eigenvalue weighted by molar-refractivity contribution is 0.200. The van der Waals surface area contributed by atoms with E-state index in [4.69, 9.17) is 14.7 Å². The van der Waals surface area contributed by atoms with E-state index in [1.165, 1.54) is 12.8 Å². The zero-order chi connectivity index (χ0) is 23.8. The van der Waals surface area contributed by atoms with Gasteiger partial charge in [0.25, 0.3) is 0 Å². The van der Waals surface area contributed by atoms with Gasteiger partial charge in [-0.2, -0.15) is 5.26 Å². The van der Waals surface area contributed by atoms with Gasteiger partial charge in [-0.15, -0.1) is 0 Å². The van der Waals surface area contributed by atoms with E-state index in [1.807, 2.05) is 55.5 Å². The summed E-state index contributed by atoms with van der Waals surface area (Å²) in [7, 11) is 1.67. The fourth-order valence-corrected chi connectivity index (χ4v) is 3.92. The first-order valence-corrected chi connectivity index (χ1v) is 11.4. The summed E-state index contributed by atoms with van der Waals surface area (Å²) in [4.78, 5) is 8.95. The van der Waals surface area contributed by atoms with Crippen molar-refractivity contribution in [3.8, 4) is 17.6 Å². The maximum atomic E-state index is 8.96. The number of benzene rings is 2. The van der Waals surface area contributed by atoms with Crippen molar-refractivity contribution >= 4 is 29.5 Å². The van der Waals surface area contributed by atoms with E-state index in [1.54, 1.807) is 31.7 Å². The van der Waals surface area contributed by atoms with E-state index in [-0.39, 0.29) is 6.10 Å². The fraction of sp³-hybridized carbons (Fsp3) is 0.250. The highest BCUT2D eigenvalue weighted by Crippen LogP contribution is 2.35. The molecular formula is C28H28N4O2. The SMILES string of the molecule is COc1cccc(C=CC=Nc2cc(C)ccc2Nc2ccc(C#N)cn2)c1OC1CCCC1. The summed E-state index contributed by atoms with van der Waals surface area (Å²) in [6, 6.07) is 17.5. The van der Waals surface area contributed by atoms with Gasteiger partial charge >= 0.3 is 0 Å². The van der Waals surface area contributed by atoms with Gasteiger partial charge < -0.3 is 14.8 Å². The highest BCUT2D eigenvalue weighted by molar-refractivity contribution is 5.84. The molecule has 0 radical (unpaired) electrons. The highest BCUT2D eigenvalue weighted by atomic mass is 16.5. The minimum Gasteiger partial charge on any atom is -0.493 e. The van der Waals surface area contributed by atoms with Crippen LogP contribution in [-0.4, -0.2) is 24.4 Å². The quantitative estimate of drug-likeness (QED) is 0.382. The lowest BCUT2D eigenvalue weighted by atomic mass is 10.1. The molecule has 1 aliphatic rings. The number of methoxy groups -OCH3 is 1. The topological polar surface area (TPSA) is 79.5 Å². The molecule has 6 heteroatoms. The molecule has 0 unspecified atom stereocenters. The molecular weight excluding hydrogens is 424 g/mol. The molecule has 1 N–H and O–H groups in total. The second kappa shape index (κ2) is 11.2. The normalized spacial score (nSPS) is 13.9. The summed E-state index contributed by atoms with van der Waals surface area (Å²) < 4.78 is 11.9. The van der Waals surface area contributed by atoms with E-state index >= 15 is 0 Å². The largest absolute Gasteiger partial charge is 0.493 e. The third-order valence-electron chi connectivity index (χ3n) is 5.70. The van der Waals surface area contributed by atoms with Crippen LogP contribution in [0.5, 0.6) is 11.5 Å². The Kier molecular flexibility index (Phi) is 7.56. The maximum absolute atomic E-state index is 8.96. The molecule has 34 heavy (non-hydrogen) atoms. The van der Waals surface area contributed by atoms with E-state index in [2.05, 4.69) is 21.4 Å². The number of nitrogens with zero attached hydrogens (tertiary/aromatic N) is 3. The number of rotatable bonds is 8. The second-order valence-corrected chi connectivity index (χ2v) is 8.23. The molecule has 1 saturated carbocycles. The van der Waals surface area contributed by atoms with Gasteiger partial charge in [0.1, 0.15) is 11.9 Å². The molecule has 0 bridgehead atoms. The van der Waals surface area contributed by atoms with Crippen molar-refractivity contribution in [3.63, 3.8) is 0 Å². The number of allylic oxidation sites excluding steroid dienone is 1. The zero-order valence-electron chi connectivity index (χ0n) is 19.5. The Bertz CT molecular complexity index is 1220. The monoisotopic (exact) mass is 452 g/mol. The number of anilines is 2. The third kappa shape index (κ3) is 5.81. The molecule has 0 aliphatic heterocycles. The van der Waals surface area contributed by atoms with Gasteiger partial charge in [-0.3, -0.25) is 4.99 Å². The Morgan fingerprint density at radius 1 is 1.15 bits per heavy atom. The van der Waals surface area contributed by atoms with Gasteiger partial charge in [0.15, 0.2) is 11.5 Å². The van der Waals surface area contributed by atoms with Crippen LogP contribution < -0.4 is 14.8 Å². The number of aliphatic imine (C=N–C) groups is 1. The van der Waals surface area contributed by atoms with Gasteiger partial charge in [-0.1, -0.05) is 18.2 Å². The number of ether oxygens (including phenoxy) is 2. The van der Waals surface area contributed by atoms with E-state index in [0.717, 1.165) is 46.8 Å². The Hall–Kier alpha value is -4.11. The summed E-state index contributed by atoms with van der Waals surface area (Å²) in [5.41, 5.74) is 4.21. The summed E-state index contributed by atoms with van der Waals surface area (Å²) in [5.74, 6) is 2.18. The Morgan fingerprint density at radius 3 is 2.74 bits per heavy atom. The Morgan fingerprint density at radius 2 is 2.00 bits per heavy atom. The molecule has 1 heterocycles. The molecule has 1 aliphatic carbocycles. The summed E-state index contributed by atoms with van der Waals surface area (Å²) in [6.45, 7) is 2.03. The standard InChI is InChI=1S/C28H28N4O2/c1-20-12-14-24(32-27-15-13-21(18-29)19-31-27)25(17-20)30-16-6-8-22-7-5-11-26(33-2)28(22)34-23-9-3-4-10-23/h5-8,11-17,19,23H,3-4,9-10H2,1-2H3,(H,31,32). The molecule has 0 amide bonds. The van der Waals surface area contributed by atoms with Gasteiger partial charge in [-0.05, 0) is 80.7 Å². The van der Waals surface area contributed by atoms with Crippen LogP contribution in [0.1, 0.15) is 42.4 Å². The van der Waals surface area contributed by atoms with Crippen LogP contribution in [-0.2, 0) is 0 Å². The molecule has 0 spiro atoms. The molecule has 6 nitrogen and oxygen atoms in total. The predicted molar refractivity (Wildman–Crippen MR) is 136 cm³/mol. The predicted octanol–water partition coefficient (Wildman–Crippen LogP) is 6.75. The van der Waals surface area contributed by atoms with Crippen molar-refractivity contribution in [2.75, 3.05) is 12.4 Å². The van der Waals surface area contributed by atoms with Crippen LogP contribution in [0.15, 0.2) is 65.8 Å². The van der Waals surface area contributed by atoms with Crippen molar-refractivity contribution in [1.82, 2.24) is 4.98 Å². The minimum absolute atomic E-state index is 0.244. The van der Waals surface area contributed by atoms with E-state index in [9.17, 15) is 0 Å². The van der Waals surface area contributed by atoms with E-state index in [0.29, 0.717) is 11.4 Å². The lowest BCUT2D eigenvalue weighted by Gasteiger charge is -2.17. The smallest absolute Gasteiger partial charge is 0.168 e. The lowest BCUT2D eigenvalue weighted by Crippen LogP contribution is -2.12. The zero-order valence-corrected chi connectivity index (χ0v) is 19.5. The van der Waals surface area contributed by atoms with Crippen LogP contribution >= 0.6 is 0 Å². The molecule has 0 saturated heterocycles. The van der Waals surface area contributed by atoms with Crippen molar-refractivity contribution in [2.45, 2.75) is 38.7 Å². The summed E-state index contributed by atoms with van der Waals surface area (Å²) in [6.07, 6.45) is 12.0. The van der Waals surface area contributed by atoms with Crippen LogP contribution in [0.4, 0.5) is 17.2 Å². The molecule has 172 valence electrons. The van der Waals surface area contributed by atoms with Gasteiger partial charge in [0.2, 0.25) is 0 Å². The first-order chi connectivity index (χ1) is 16.7. The number of hydrogen-bond acceptors (Lipinski definition) is 6. The Balaban J connectivity index is 1.52. The first kappa shape index (κ1) is 23.1. The summed E-state index contributed by atoms with van der Waals surface area (Å²) >= 11 is 0. The van der Waals surface area contributed by atoms with E-state index < -0.39 is 0 Å². The number of para-hydroxylation sites is 1. The molecule has 4 rings (SSSR count). The molecule has 3 aromatic rings. The number of aryl methyl sites for hydroxylation is 1.